The van der Waals surface area contributed by atoms with Crippen LogP contribution in [0.5, 0.6) is 0 Å². The van der Waals surface area contributed by atoms with Gasteiger partial charge in [0, 0.05) is 6.42 Å². The zero-order valence-corrected chi connectivity index (χ0v) is 10.4. The second kappa shape index (κ2) is 3.96. The Hall–Kier alpha value is -0.600. The van der Waals surface area contributed by atoms with Crippen molar-refractivity contribution in [2.24, 2.45) is 11.8 Å². The second-order valence-corrected chi connectivity index (χ2v) is 6.02. The molecule has 1 aromatic carbocycles. The van der Waals surface area contributed by atoms with Crippen LogP contribution in [0.25, 0.3) is 0 Å². The van der Waals surface area contributed by atoms with Gasteiger partial charge in [-0.15, -0.1) is 0 Å². The molecule has 0 aromatic heterocycles. The second-order valence-electron chi connectivity index (χ2n) is 5.61. The third kappa shape index (κ3) is 1.98. The fraction of sp³-hybridized carbons (Fsp3) is 0.571. The Morgan fingerprint density at radius 3 is 2.82 bits per heavy atom. The minimum Gasteiger partial charge on any atom is -0.389 e. The van der Waals surface area contributed by atoms with Gasteiger partial charge in [-0.05, 0) is 55.2 Å². The van der Waals surface area contributed by atoms with Gasteiger partial charge in [0.1, 0.15) is 5.82 Å². The molecule has 1 aromatic rings. The van der Waals surface area contributed by atoms with Gasteiger partial charge >= 0.3 is 0 Å². The van der Waals surface area contributed by atoms with Gasteiger partial charge in [-0.3, -0.25) is 0 Å². The predicted octanol–water partition coefficient (Wildman–Crippen LogP) is 3.57. The number of hydrogen-bond donors (Lipinski definition) is 1. The molecule has 2 saturated carbocycles. The first-order chi connectivity index (χ1) is 8.07. The molecule has 2 bridgehead atoms. The molecule has 0 saturated heterocycles. The van der Waals surface area contributed by atoms with Crippen molar-refractivity contribution in [1.29, 1.82) is 0 Å². The Kier molecular flexibility index (Phi) is 2.68. The first-order valence-corrected chi connectivity index (χ1v) is 6.61. The van der Waals surface area contributed by atoms with E-state index in [-0.39, 0.29) is 5.02 Å². The average molecular weight is 255 g/mol. The van der Waals surface area contributed by atoms with Crippen molar-refractivity contribution in [3.8, 4) is 0 Å². The SMILES string of the molecule is OC1(Cc2ccc(Cl)c(F)c2)CC2CCC1C2. The summed E-state index contributed by atoms with van der Waals surface area (Å²) in [5.74, 6) is 0.698. The third-order valence-corrected chi connectivity index (χ3v) is 4.74. The van der Waals surface area contributed by atoms with Crippen molar-refractivity contribution in [2.45, 2.75) is 37.7 Å². The number of fused-ring (bicyclic) bond motifs is 2. The number of aliphatic hydroxyl groups is 1. The van der Waals surface area contributed by atoms with Crippen LogP contribution in [0.15, 0.2) is 18.2 Å². The first kappa shape index (κ1) is 11.5. The van der Waals surface area contributed by atoms with Crippen LogP contribution in [-0.4, -0.2) is 10.7 Å². The predicted molar refractivity (Wildman–Crippen MR) is 65.5 cm³/mol. The molecule has 17 heavy (non-hydrogen) atoms. The van der Waals surface area contributed by atoms with E-state index in [0.717, 1.165) is 24.8 Å². The first-order valence-electron chi connectivity index (χ1n) is 6.23. The van der Waals surface area contributed by atoms with Gasteiger partial charge in [0.15, 0.2) is 0 Å². The summed E-state index contributed by atoms with van der Waals surface area (Å²) in [5.41, 5.74) is 0.241. The van der Waals surface area contributed by atoms with Gasteiger partial charge in [0.2, 0.25) is 0 Å². The highest BCUT2D eigenvalue weighted by Crippen LogP contribution is 2.51. The van der Waals surface area contributed by atoms with Gasteiger partial charge in [-0.25, -0.2) is 4.39 Å². The minimum atomic E-state index is -0.608. The summed E-state index contributed by atoms with van der Waals surface area (Å²) in [6, 6.07) is 4.84. The summed E-state index contributed by atoms with van der Waals surface area (Å²) < 4.78 is 13.4. The maximum atomic E-state index is 13.4. The number of hydrogen-bond acceptors (Lipinski definition) is 1. The van der Waals surface area contributed by atoms with Crippen molar-refractivity contribution in [2.75, 3.05) is 0 Å². The lowest BCUT2D eigenvalue weighted by Crippen LogP contribution is -2.37. The van der Waals surface area contributed by atoms with E-state index < -0.39 is 11.4 Å². The molecular formula is C14H16ClFO. The van der Waals surface area contributed by atoms with Crippen molar-refractivity contribution in [1.82, 2.24) is 0 Å². The molecule has 2 aliphatic carbocycles. The monoisotopic (exact) mass is 254 g/mol. The number of rotatable bonds is 2. The quantitative estimate of drug-likeness (QED) is 0.856. The molecule has 3 heteroatoms. The Balaban J connectivity index is 1.80. The smallest absolute Gasteiger partial charge is 0.142 e. The molecule has 0 spiro atoms. The average Bonchev–Trinajstić information content (AvgIpc) is 2.83. The summed E-state index contributed by atoms with van der Waals surface area (Å²) in [5, 5.41) is 10.8. The fourth-order valence-electron chi connectivity index (χ4n) is 3.63. The fourth-order valence-corrected chi connectivity index (χ4v) is 3.75. The van der Waals surface area contributed by atoms with E-state index in [0.29, 0.717) is 18.3 Å². The molecule has 0 heterocycles. The van der Waals surface area contributed by atoms with E-state index in [1.54, 1.807) is 6.07 Å². The van der Waals surface area contributed by atoms with Crippen LogP contribution >= 0.6 is 11.6 Å². The van der Waals surface area contributed by atoms with Crippen LogP contribution in [0.1, 0.15) is 31.2 Å². The molecule has 3 unspecified atom stereocenters. The van der Waals surface area contributed by atoms with E-state index in [9.17, 15) is 9.50 Å². The highest BCUT2D eigenvalue weighted by Gasteiger charge is 2.49. The van der Waals surface area contributed by atoms with Crippen LogP contribution in [0, 0.1) is 17.7 Å². The molecule has 0 amide bonds. The third-order valence-electron chi connectivity index (χ3n) is 4.44. The lowest BCUT2D eigenvalue weighted by Gasteiger charge is -2.32. The van der Waals surface area contributed by atoms with Crippen molar-refractivity contribution < 1.29 is 9.50 Å². The summed E-state index contributed by atoms with van der Waals surface area (Å²) in [4.78, 5) is 0. The Bertz CT molecular complexity index is 448. The van der Waals surface area contributed by atoms with Crippen molar-refractivity contribution in [3.05, 3.63) is 34.6 Å². The van der Waals surface area contributed by atoms with Gasteiger partial charge in [0.05, 0.1) is 10.6 Å². The van der Waals surface area contributed by atoms with Crippen LogP contribution in [0.3, 0.4) is 0 Å². The van der Waals surface area contributed by atoms with Gasteiger partial charge in [0.25, 0.3) is 0 Å². The zero-order chi connectivity index (χ0) is 12.0. The van der Waals surface area contributed by atoms with E-state index in [4.69, 9.17) is 11.6 Å². The highest BCUT2D eigenvalue weighted by atomic mass is 35.5. The van der Waals surface area contributed by atoms with E-state index in [2.05, 4.69) is 0 Å². The molecule has 0 radical (unpaired) electrons. The molecule has 3 atom stereocenters. The molecule has 1 N–H and O–H groups in total. The van der Waals surface area contributed by atoms with Gasteiger partial charge in [-0.1, -0.05) is 17.7 Å². The topological polar surface area (TPSA) is 20.2 Å². The Morgan fingerprint density at radius 1 is 1.41 bits per heavy atom. The molecule has 92 valence electrons. The number of halogens is 2. The zero-order valence-electron chi connectivity index (χ0n) is 9.63. The number of benzene rings is 1. The normalized spacial score (nSPS) is 35.5. The summed E-state index contributed by atoms with van der Waals surface area (Å²) >= 11 is 5.66. The summed E-state index contributed by atoms with van der Waals surface area (Å²) in [6.07, 6.45) is 4.95. The molecular weight excluding hydrogens is 239 g/mol. The highest BCUT2D eigenvalue weighted by molar-refractivity contribution is 6.30. The van der Waals surface area contributed by atoms with Crippen LogP contribution in [0.2, 0.25) is 5.02 Å². The molecule has 2 fully saturated rings. The van der Waals surface area contributed by atoms with Gasteiger partial charge < -0.3 is 5.11 Å². The summed E-state index contributed by atoms with van der Waals surface area (Å²) in [7, 11) is 0. The maximum Gasteiger partial charge on any atom is 0.142 e. The largest absolute Gasteiger partial charge is 0.389 e. The van der Waals surface area contributed by atoms with Crippen molar-refractivity contribution in [3.63, 3.8) is 0 Å². The van der Waals surface area contributed by atoms with Gasteiger partial charge in [-0.2, -0.15) is 0 Å². The van der Waals surface area contributed by atoms with E-state index in [1.165, 1.54) is 12.5 Å². The standard InChI is InChI=1S/C14H16ClFO/c15-12-4-2-10(6-13(12)16)8-14(17)7-9-1-3-11(14)5-9/h2,4,6,9,11,17H,1,3,5,7-8H2. The summed E-state index contributed by atoms with van der Waals surface area (Å²) in [6.45, 7) is 0. The maximum absolute atomic E-state index is 13.4. The lowest BCUT2D eigenvalue weighted by atomic mass is 9.80. The molecule has 1 nitrogen and oxygen atoms in total. The van der Waals surface area contributed by atoms with Crippen molar-refractivity contribution >= 4 is 11.6 Å². The molecule has 2 aliphatic rings. The van der Waals surface area contributed by atoms with Crippen LogP contribution in [0.4, 0.5) is 4.39 Å². The molecule has 3 rings (SSSR count). The van der Waals surface area contributed by atoms with Crippen LogP contribution in [-0.2, 0) is 6.42 Å². The Labute approximate surface area is 106 Å². The van der Waals surface area contributed by atoms with Crippen LogP contribution < -0.4 is 0 Å². The minimum absolute atomic E-state index is 0.147. The lowest BCUT2D eigenvalue weighted by molar-refractivity contribution is -0.0125. The van der Waals surface area contributed by atoms with E-state index in [1.807, 2.05) is 6.07 Å². The molecule has 0 aliphatic heterocycles. The van der Waals surface area contributed by atoms with E-state index >= 15 is 0 Å². The Morgan fingerprint density at radius 2 is 2.24 bits per heavy atom.